The molecule has 6 rings (SSSR count). The Hall–Kier alpha value is -6.88. The Labute approximate surface area is 355 Å². The topological polar surface area (TPSA) is 295 Å². The second-order valence-electron chi connectivity index (χ2n) is 14.3. The summed E-state index contributed by atoms with van der Waals surface area (Å²) in [7, 11) is 0. The van der Waals surface area contributed by atoms with E-state index in [0.29, 0.717) is 24.1 Å². The summed E-state index contributed by atoms with van der Waals surface area (Å²) in [4.78, 5) is 24.5. The van der Waals surface area contributed by atoms with E-state index < -0.39 is 83.7 Å². The van der Waals surface area contributed by atoms with Gasteiger partial charge in [-0.05, 0) is 70.5 Å². The number of phenols is 6. The van der Waals surface area contributed by atoms with Crippen molar-refractivity contribution >= 4 is 11.9 Å². The average Bonchev–Trinajstić information content (AvgIpc) is 3.72. The van der Waals surface area contributed by atoms with Crippen LogP contribution in [-0.4, -0.2) is 109 Å². The molecule has 5 unspecified atom stereocenters. The zero-order valence-corrected chi connectivity index (χ0v) is 33.6. The van der Waals surface area contributed by atoms with Gasteiger partial charge in [-0.2, -0.15) is 0 Å². The second-order valence-corrected chi connectivity index (χ2v) is 14.3. The molecule has 2 heterocycles. The molecule has 1 fully saturated rings. The van der Waals surface area contributed by atoms with Crippen LogP contribution in [0.4, 0.5) is 0 Å². The summed E-state index contributed by atoms with van der Waals surface area (Å²) in [5.41, 5.74) is 5.18. The van der Waals surface area contributed by atoms with Crippen molar-refractivity contribution in [3.8, 4) is 46.8 Å². The van der Waals surface area contributed by atoms with Gasteiger partial charge in [0, 0.05) is 12.8 Å². The lowest BCUT2D eigenvalue weighted by atomic mass is 9.98. The molecule has 328 valence electrons. The van der Waals surface area contributed by atoms with Gasteiger partial charge in [0.15, 0.2) is 29.2 Å². The molecule has 0 spiro atoms. The first-order valence-electron chi connectivity index (χ1n) is 19.3. The third kappa shape index (κ3) is 10.7. The van der Waals surface area contributed by atoms with Gasteiger partial charge in [0.2, 0.25) is 11.5 Å². The van der Waals surface area contributed by atoms with E-state index in [1.54, 1.807) is 6.07 Å². The minimum Gasteiger partial charge on any atom is -0.504 e. The number of carbonyl (C=O) groups is 2. The largest absolute Gasteiger partial charge is 0.504 e. The Kier molecular flexibility index (Phi) is 15.3. The zero-order valence-electron chi connectivity index (χ0n) is 33.6. The number of benzene rings is 4. The van der Waals surface area contributed by atoms with Crippen molar-refractivity contribution in [1.82, 2.24) is 15.0 Å². The number of nitrogens with zero attached hydrogens (tertiary/aromatic N) is 3. The number of aromatic hydroxyl groups is 6. The molecule has 0 radical (unpaired) electrons. The maximum Gasteiger partial charge on any atom is 0.342 e. The van der Waals surface area contributed by atoms with Crippen LogP contribution >= 0.6 is 0 Å². The molecular formula is C44H47N3O15. The van der Waals surface area contributed by atoms with Crippen LogP contribution in [0.5, 0.6) is 34.5 Å². The maximum atomic E-state index is 12.5. The summed E-state index contributed by atoms with van der Waals surface area (Å²) in [6.07, 6.45) is 2.15. The lowest BCUT2D eigenvalue weighted by Crippen LogP contribution is -2.56. The minimum atomic E-state index is -1.57. The predicted octanol–water partition coefficient (Wildman–Crippen LogP) is 2.78. The molecule has 18 heteroatoms. The smallest absolute Gasteiger partial charge is 0.342 e. The number of phenolic OH excluding ortho intramolecular Hbond substituents is 6. The molecule has 1 aromatic heterocycles. The number of rotatable bonds is 13. The van der Waals surface area contributed by atoms with Crippen LogP contribution in [-0.2, 0) is 53.1 Å². The van der Waals surface area contributed by atoms with Gasteiger partial charge in [0.1, 0.15) is 48.8 Å². The molecule has 10 N–H and O–H groups in total. The Morgan fingerprint density at radius 3 is 1.68 bits per heavy atom. The summed E-state index contributed by atoms with van der Waals surface area (Å²) in [6.45, 7) is 3.25. The van der Waals surface area contributed by atoms with Crippen LogP contribution in [0.1, 0.15) is 79.9 Å². The summed E-state index contributed by atoms with van der Waals surface area (Å²) in [5.74, 6) is -3.28. The van der Waals surface area contributed by atoms with Gasteiger partial charge < -0.3 is 65.3 Å². The van der Waals surface area contributed by atoms with Crippen LogP contribution in [0.25, 0.3) is 0 Å². The van der Waals surface area contributed by atoms with Gasteiger partial charge in [-0.1, -0.05) is 55.5 Å². The molecule has 0 amide bonds. The zero-order chi connectivity index (χ0) is 45.2. The number of aromatic nitrogens is 3. The Morgan fingerprint density at radius 1 is 0.694 bits per heavy atom. The van der Waals surface area contributed by atoms with Crippen LogP contribution in [0.2, 0.25) is 0 Å². The van der Waals surface area contributed by atoms with Gasteiger partial charge in [-0.3, -0.25) is 0 Å². The van der Waals surface area contributed by atoms with Gasteiger partial charge in [0.25, 0.3) is 0 Å². The number of esters is 2. The molecule has 18 nitrogen and oxygen atoms in total. The highest BCUT2D eigenvalue weighted by atomic mass is 16.6. The normalized spacial score (nSPS) is 18.2. The van der Waals surface area contributed by atoms with Crippen molar-refractivity contribution in [3.63, 3.8) is 0 Å². The number of aliphatic hydroxyl groups is 4. The maximum absolute atomic E-state index is 12.5. The van der Waals surface area contributed by atoms with Gasteiger partial charge in [-0.25, -0.2) is 14.3 Å². The number of ether oxygens (including phenoxy) is 3. The van der Waals surface area contributed by atoms with E-state index in [1.807, 2.05) is 44.2 Å². The lowest BCUT2D eigenvalue weighted by Gasteiger charge is -2.40. The van der Waals surface area contributed by atoms with Crippen molar-refractivity contribution in [2.45, 2.75) is 83.4 Å². The highest BCUT2D eigenvalue weighted by Crippen LogP contribution is 2.38. The Bertz CT molecular complexity index is 2430. The van der Waals surface area contributed by atoms with Crippen LogP contribution < -0.4 is 0 Å². The minimum absolute atomic E-state index is 0.00528. The van der Waals surface area contributed by atoms with E-state index in [4.69, 9.17) is 20.6 Å². The van der Waals surface area contributed by atoms with Gasteiger partial charge in [-0.15, -0.1) is 17.4 Å². The number of hydrogen-bond donors (Lipinski definition) is 10. The summed E-state index contributed by atoms with van der Waals surface area (Å²) < 4.78 is 17.4. The average molecular weight is 858 g/mol. The monoisotopic (exact) mass is 857 g/mol. The standard InChI is InChI=1S/C25H29N3O10.C19H18O5/c1-2-12-5-13(7-14(6-12)11-37-25(36)16-3-4-17(30)20(32)19(16)31)8-15-9-26-27-28(15)24-23(35)22(34)21(33)18(10-29)38-24;1-3-5-13-8-12(4-2)9-14(10-13)11-24-19(23)15-6-7-16(20)18(22)17(15)21/h3-7,9,18,21-24,29-35H,2,8,10-11H2,1H3;1,6-10,20-22H,4-5,11H2,2H3. The fourth-order valence-corrected chi connectivity index (χ4v) is 6.60. The summed E-state index contributed by atoms with van der Waals surface area (Å²) in [6, 6.07) is 15.8. The molecule has 5 atom stereocenters. The molecular weight excluding hydrogens is 810 g/mol. The number of aryl methyl sites for hydroxylation is 2. The van der Waals surface area contributed by atoms with E-state index in [1.165, 1.54) is 16.9 Å². The fraction of sp³-hybridized carbons (Fsp3) is 0.318. The SMILES string of the molecule is C#CCc1cc(CC)cc(COC(=O)c2ccc(O)c(O)c2O)c1.CCc1cc(COC(=O)c2ccc(O)c(O)c2O)cc(Cc2cnnn2C2OC(CO)C(O)C(O)C2O)c1. The van der Waals surface area contributed by atoms with Crippen molar-refractivity contribution < 1.29 is 74.9 Å². The van der Waals surface area contributed by atoms with E-state index in [2.05, 4.69) is 16.2 Å². The van der Waals surface area contributed by atoms with Crippen molar-refractivity contribution in [1.29, 1.82) is 0 Å². The third-order valence-electron chi connectivity index (χ3n) is 9.93. The van der Waals surface area contributed by atoms with E-state index >= 15 is 0 Å². The first-order valence-corrected chi connectivity index (χ1v) is 19.3. The van der Waals surface area contributed by atoms with Gasteiger partial charge in [0.05, 0.1) is 18.5 Å². The summed E-state index contributed by atoms with van der Waals surface area (Å²) >= 11 is 0. The number of terminal acetylenes is 1. The second kappa shape index (κ2) is 20.6. The van der Waals surface area contributed by atoms with E-state index in [9.17, 15) is 60.7 Å². The van der Waals surface area contributed by atoms with Crippen molar-refractivity contribution in [2.75, 3.05) is 6.61 Å². The highest BCUT2D eigenvalue weighted by Gasteiger charge is 2.45. The summed E-state index contributed by atoms with van der Waals surface area (Å²) in [5, 5.41) is 105. The van der Waals surface area contributed by atoms with Gasteiger partial charge >= 0.3 is 11.9 Å². The molecule has 4 aromatic carbocycles. The number of carbonyl (C=O) groups excluding carboxylic acids is 2. The van der Waals surface area contributed by atoms with E-state index in [-0.39, 0.29) is 30.8 Å². The molecule has 0 saturated carbocycles. The van der Waals surface area contributed by atoms with Crippen LogP contribution in [0, 0.1) is 12.3 Å². The molecule has 1 aliphatic heterocycles. The first-order chi connectivity index (χ1) is 29.6. The molecule has 1 aliphatic rings. The third-order valence-corrected chi connectivity index (χ3v) is 9.93. The quantitative estimate of drug-likeness (QED) is 0.0463. The highest BCUT2D eigenvalue weighted by molar-refractivity contribution is 5.94. The lowest BCUT2D eigenvalue weighted by molar-refractivity contribution is -0.254. The predicted molar refractivity (Wildman–Crippen MR) is 217 cm³/mol. The molecule has 0 aliphatic carbocycles. The molecule has 62 heavy (non-hydrogen) atoms. The fourth-order valence-electron chi connectivity index (χ4n) is 6.60. The number of aliphatic hydroxyl groups excluding tert-OH is 4. The molecule has 5 aromatic rings. The molecule has 0 bridgehead atoms. The van der Waals surface area contributed by atoms with Crippen molar-refractivity contribution in [2.24, 2.45) is 0 Å². The van der Waals surface area contributed by atoms with Crippen LogP contribution in [0.15, 0.2) is 66.9 Å². The Morgan fingerprint density at radius 2 is 1.18 bits per heavy atom. The number of hydrogen-bond acceptors (Lipinski definition) is 17. The van der Waals surface area contributed by atoms with E-state index in [0.717, 1.165) is 52.4 Å². The Balaban J connectivity index is 0.000000260. The first kappa shape index (κ1) is 46.2. The molecule has 1 saturated heterocycles. The van der Waals surface area contributed by atoms with Crippen LogP contribution in [0.3, 0.4) is 0 Å². The van der Waals surface area contributed by atoms with Crippen molar-refractivity contribution in [3.05, 3.63) is 117 Å².